The molecule has 0 amide bonds. The smallest absolute Gasteiger partial charge is 0.240 e. The predicted octanol–water partition coefficient (Wildman–Crippen LogP) is 3.76. The molecular weight excluding hydrogens is 426 g/mol. The van der Waals surface area contributed by atoms with Gasteiger partial charge in [-0.1, -0.05) is 18.2 Å². The van der Waals surface area contributed by atoms with Gasteiger partial charge < -0.3 is 14.6 Å². The van der Waals surface area contributed by atoms with Crippen LogP contribution in [0.1, 0.15) is 5.82 Å². The molecule has 0 bridgehead atoms. The molecule has 9 heteroatoms. The number of ether oxygens (including phenoxy) is 1. The number of anilines is 1. The molecule has 4 rings (SSSR count). The van der Waals surface area contributed by atoms with Crippen molar-refractivity contribution in [2.24, 2.45) is 0 Å². The molecule has 0 saturated carbocycles. The number of aryl methyl sites for hydroxylation is 1. The number of hydrogen-bond acceptors (Lipinski definition) is 6. The van der Waals surface area contributed by atoms with Gasteiger partial charge in [-0.25, -0.2) is 23.1 Å². The van der Waals surface area contributed by atoms with E-state index in [2.05, 4.69) is 20.0 Å². The van der Waals surface area contributed by atoms with Crippen molar-refractivity contribution in [1.29, 1.82) is 0 Å². The third-order valence-corrected chi connectivity index (χ3v) is 6.01. The van der Waals surface area contributed by atoms with E-state index in [9.17, 15) is 8.42 Å². The summed E-state index contributed by atoms with van der Waals surface area (Å²) in [6.45, 7) is 2.38. The largest absolute Gasteiger partial charge is 0.457 e. The van der Waals surface area contributed by atoms with Crippen molar-refractivity contribution in [2.45, 2.75) is 11.8 Å². The number of rotatable bonds is 9. The monoisotopic (exact) mass is 449 g/mol. The fourth-order valence-electron chi connectivity index (χ4n) is 3.03. The van der Waals surface area contributed by atoms with Gasteiger partial charge in [0.1, 0.15) is 29.0 Å². The predicted molar refractivity (Wildman–Crippen MR) is 123 cm³/mol. The van der Waals surface area contributed by atoms with Crippen LogP contribution >= 0.6 is 0 Å². The van der Waals surface area contributed by atoms with Gasteiger partial charge in [0.2, 0.25) is 10.0 Å². The van der Waals surface area contributed by atoms with Crippen LogP contribution in [0.4, 0.5) is 5.82 Å². The lowest BCUT2D eigenvalue weighted by molar-refractivity contribution is 0.482. The highest BCUT2D eigenvalue weighted by atomic mass is 32.2. The molecule has 2 N–H and O–H groups in total. The molecule has 0 aliphatic carbocycles. The molecule has 0 aliphatic heterocycles. The molecule has 8 nitrogen and oxygen atoms in total. The highest BCUT2D eigenvalue weighted by Gasteiger charge is 2.13. The molecule has 164 valence electrons. The van der Waals surface area contributed by atoms with E-state index < -0.39 is 10.0 Å². The van der Waals surface area contributed by atoms with Crippen molar-refractivity contribution >= 4 is 15.8 Å². The minimum atomic E-state index is -3.64. The van der Waals surface area contributed by atoms with Crippen molar-refractivity contribution in [1.82, 2.24) is 19.3 Å². The standard InChI is InChI=1S/C23H23N5O3S/c1-18-26-22(17-23(27-18)28-15-5-6-16-28)24-13-14-25-32(29,30)21-11-9-20(10-12-21)31-19-7-3-2-4-8-19/h2-12,15-17,25H,13-14H2,1H3,(H,24,26,27). The Kier molecular flexibility index (Phi) is 6.48. The van der Waals surface area contributed by atoms with Crippen LogP contribution in [0, 0.1) is 6.92 Å². The molecule has 0 radical (unpaired) electrons. The summed E-state index contributed by atoms with van der Waals surface area (Å²) in [5.41, 5.74) is 0. The molecule has 2 heterocycles. The first-order chi connectivity index (χ1) is 15.5. The Morgan fingerprint density at radius 1 is 0.875 bits per heavy atom. The molecule has 0 unspecified atom stereocenters. The number of benzene rings is 2. The third kappa shape index (κ3) is 5.51. The maximum atomic E-state index is 12.6. The van der Waals surface area contributed by atoms with E-state index in [1.165, 1.54) is 12.1 Å². The van der Waals surface area contributed by atoms with Gasteiger partial charge in [-0.15, -0.1) is 0 Å². The Bertz CT molecular complexity index is 1260. The normalized spacial score (nSPS) is 11.3. The van der Waals surface area contributed by atoms with Crippen LogP contribution in [0.3, 0.4) is 0 Å². The summed E-state index contributed by atoms with van der Waals surface area (Å²) in [5.74, 6) is 3.24. The van der Waals surface area contributed by atoms with Crippen LogP contribution in [0.25, 0.3) is 5.82 Å². The van der Waals surface area contributed by atoms with Gasteiger partial charge in [0.05, 0.1) is 4.90 Å². The number of hydrogen-bond donors (Lipinski definition) is 2. The van der Waals surface area contributed by atoms with Crippen molar-refractivity contribution in [3.8, 4) is 17.3 Å². The lowest BCUT2D eigenvalue weighted by Gasteiger charge is -2.11. The van der Waals surface area contributed by atoms with Gasteiger partial charge in [-0.2, -0.15) is 0 Å². The van der Waals surface area contributed by atoms with E-state index in [-0.39, 0.29) is 11.4 Å². The molecular formula is C23H23N5O3S. The molecule has 0 fully saturated rings. The van der Waals surface area contributed by atoms with Crippen molar-refractivity contribution in [3.05, 3.63) is 91.0 Å². The first-order valence-corrected chi connectivity index (χ1v) is 11.5. The number of aromatic nitrogens is 3. The van der Waals surface area contributed by atoms with Crippen molar-refractivity contribution < 1.29 is 13.2 Å². The van der Waals surface area contributed by atoms with Crippen molar-refractivity contribution in [2.75, 3.05) is 18.4 Å². The van der Waals surface area contributed by atoms with Gasteiger partial charge in [0.15, 0.2) is 0 Å². The molecule has 4 aromatic rings. The molecule has 2 aromatic heterocycles. The van der Waals surface area contributed by atoms with Crippen LogP contribution in [-0.2, 0) is 10.0 Å². The summed E-state index contributed by atoms with van der Waals surface area (Å²) in [6.07, 6.45) is 3.80. The Morgan fingerprint density at radius 2 is 1.56 bits per heavy atom. The summed E-state index contributed by atoms with van der Waals surface area (Å²) in [7, 11) is -3.64. The number of sulfonamides is 1. The first kappa shape index (κ1) is 21.5. The average molecular weight is 450 g/mol. The van der Waals surface area contributed by atoms with Gasteiger partial charge in [0.25, 0.3) is 0 Å². The minimum absolute atomic E-state index is 0.172. The second kappa shape index (κ2) is 9.63. The van der Waals surface area contributed by atoms with Crippen LogP contribution in [0.15, 0.2) is 90.1 Å². The van der Waals surface area contributed by atoms with E-state index in [0.29, 0.717) is 29.7 Å². The van der Waals surface area contributed by atoms with E-state index in [1.54, 1.807) is 12.1 Å². The summed E-state index contributed by atoms with van der Waals surface area (Å²) >= 11 is 0. The summed E-state index contributed by atoms with van der Waals surface area (Å²) in [5, 5.41) is 3.14. The van der Waals surface area contributed by atoms with E-state index in [0.717, 1.165) is 5.82 Å². The topological polar surface area (TPSA) is 98.1 Å². The second-order valence-electron chi connectivity index (χ2n) is 6.96. The second-order valence-corrected chi connectivity index (χ2v) is 8.73. The summed E-state index contributed by atoms with van der Waals surface area (Å²) in [4.78, 5) is 8.93. The van der Waals surface area contributed by atoms with Crippen LogP contribution in [0.2, 0.25) is 0 Å². The zero-order valence-corrected chi connectivity index (χ0v) is 18.3. The van der Waals surface area contributed by atoms with Crippen molar-refractivity contribution in [3.63, 3.8) is 0 Å². The Hall–Kier alpha value is -3.69. The maximum Gasteiger partial charge on any atom is 0.240 e. The highest BCUT2D eigenvalue weighted by Crippen LogP contribution is 2.22. The fourth-order valence-corrected chi connectivity index (χ4v) is 4.06. The highest BCUT2D eigenvalue weighted by molar-refractivity contribution is 7.89. The van der Waals surface area contributed by atoms with Crippen LogP contribution in [0.5, 0.6) is 11.5 Å². The quantitative estimate of drug-likeness (QED) is 0.378. The van der Waals surface area contributed by atoms with Gasteiger partial charge >= 0.3 is 0 Å². The Balaban J connectivity index is 1.32. The number of nitrogens with one attached hydrogen (secondary N) is 2. The average Bonchev–Trinajstić information content (AvgIpc) is 3.33. The number of para-hydroxylation sites is 1. The SMILES string of the molecule is Cc1nc(NCCNS(=O)(=O)c2ccc(Oc3ccccc3)cc2)cc(-n2cccc2)n1. The molecule has 0 aliphatic rings. The van der Waals surface area contributed by atoms with E-state index >= 15 is 0 Å². The van der Waals surface area contributed by atoms with Gasteiger partial charge in [-0.05, 0) is 55.5 Å². The Morgan fingerprint density at radius 3 is 2.28 bits per heavy atom. The molecule has 0 saturated heterocycles. The number of nitrogens with zero attached hydrogens (tertiary/aromatic N) is 3. The Labute approximate surface area is 187 Å². The minimum Gasteiger partial charge on any atom is -0.457 e. The van der Waals surface area contributed by atoms with Gasteiger partial charge in [0, 0.05) is 31.5 Å². The van der Waals surface area contributed by atoms with Crippen LogP contribution in [-0.4, -0.2) is 36.0 Å². The van der Waals surface area contributed by atoms with Gasteiger partial charge in [-0.3, -0.25) is 0 Å². The zero-order chi connectivity index (χ0) is 22.4. The maximum absolute atomic E-state index is 12.6. The lowest BCUT2D eigenvalue weighted by atomic mass is 10.3. The summed E-state index contributed by atoms with van der Waals surface area (Å²) < 4.78 is 35.3. The molecule has 32 heavy (non-hydrogen) atoms. The zero-order valence-electron chi connectivity index (χ0n) is 17.5. The summed E-state index contributed by atoms with van der Waals surface area (Å²) in [6, 6.07) is 21.3. The molecule has 0 spiro atoms. The van der Waals surface area contributed by atoms with E-state index in [4.69, 9.17) is 4.74 Å². The lowest BCUT2D eigenvalue weighted by Crippen LogP contribution is -2.29. The fraction of sp³-hybridized carbons (Fsp3) is 0.130. The van der Waals surface area contributed by atoms with E-state index in [1.807, 2.05) is 72.4 Å². The third-order valence-electron chi connectivity index (χ3n) is 4.53. The molecule has 2 aromatic carbocycles. The van der Waals surface area contributed by atoms with Crippen LogP contribution < -0.4 is 14.8 Å². The first-order valence-electron chi connectivity index (χ1n) is 10.1. The molecule has 0 atom stereocenters.